The Hall–Kier alpha value is -2.63. The molecule has 0 saturated carbocycles. The molecular weight excluding hydrogens is 226 g/mol. The van der Waals surface area contributed by atoms with Crippen molar-refractivity contribution in [1.29, 1.82) is 0 Å². The molecule has 86 valence electrons. The van der Waals surface area contributed by atoms with Gasteiger partial charge >= 0.3 is 5.97 Å². The largest absolute Gasteiger partial charge is 0.507 e. The van der Waals surface area contributed by atoms with Gasteiger partial charge in [0.15, 0.2) is 0 Å². The van der Waals surface area contributed by atoms with E-state index in [1.54, 1.807) is 6.07 Å². The van der Waals surface area contributed by atoms with Crippen LogP contribution in [-0.4, -0.2) is 21.1 Å². The Morgan fingerprint density at radius 1 is 1.29 bits per heavy atom. The van der Waals surface area contributed by atoms with Gasteiger partial charge in [0.2, 0.25) is 0 Å². The molecule has 0 atom stereocenters. The van der Waals surface area contributed by atoms with Gasteiger partial charge < -0.3 is 10.2 Å². The average Bonchev–Trinajstić information content (AvgIpc) is 2.26. The topological polar surface area (TPSA) is 101 Å². The normalized spacial score (nSPS) is 10.4. The molecular formula is C11H7NO5. The lowest BCUT2D eigenvalue weighted by atomic mass is 10.0. The van der Waals surface area contributed by atoms with Crippen LogP contribution in [0.15, 0.2) is 30.3 Å². The van der Waals surface area contributed by atoms with Crippen molar-refractivity contribution >= 4 is 22.4 Å². The Morgan fingerprint density at radius 2 is 2.00 bits per heavy atom. The molecule has 0 heterocycles. The maximum Gasteiger partial charge on any atom is 0.339 e. The smallest absolute Gasteiger partial charge is 0.339 e. The molecule has 2 aromatic rings. The SMILES string of the molecule is O=C(O)c1cc2cccc([N+](=O)[O-])c2cc1O. The molecule has 6 heteroatoms. The summed E-state index contributed by atoms with van der Waals surface area (Å²) in [6.45, 7) is 0. The van der Waals surface area contributed by atoms with Crippen molar-refractivity contribution in [2.24, 2.45) is 0 Å². The summed E-state index contributed by atoms with van der Waals surface area (Å²) in [5, 5.41) is 29.7. The third-order valence-corrected chi connectivity index (χ3v) is 2.40. The molecule has 0 radical (unpaired) electrons. The molecule has 0 aliphatic heterocycles. The highest BCUT2D eigenvalue weighted by atomic mass is 16.6. The molecule has 6 nitrogen and oxygen atoms in total. The molecule has 2 aromatic carbocycles. The van der Waals surface area contributed by atoms with Gasteiger partial charge in [-0.05, 0) is 17.5 Å². The summed E-state index contributed by atoms with van der Waals surface area (Å²) in [5.41, 5.74) is -0.451. The molecule has 0 fully saturated rings. The Morgan fingerprint density at radius 3 is 2.59 bits per heavy atom. The quantitative estimate of drug-likeness (QED) is 0.611. The summed E-state index contributed by atoms with van der Waals surface area (Å²) < 4.78 is 0. The van der Waals surface area contributed by atoms with Crippen molar-refractivity contribution in [3.63, 3.8) is 0 Å². The first-order chi connectivity index (χ1) is 8.00. The number of carbonyl (C=O) groups is 1. The number of aromatic carboxylic acids is 1. The lowest BCUT2D eigenvalue weighted by molar-refractivity contribution is -0.383. The monoisotopic (exact) mass is 233 g/mol. The number of non-ortho nitro benzene ring substituents is 1. The molecule has 0 aliphatic rings. The van der Waals surface area contributed by atoms with Crippen LogP contribution in [0.2, 0.25) is 0 Å². The van der Waals surface area contributed by atoms with Crippen LogP contribution >= 0.6 is 0 Å². The molecule has 2 N–H and O–H groups in total. The van der Waals surface area contributed by atoms with Gasteiger partial charge in [-0.15, -0.1) is 0 Å². The summed E-state index contributed by atoms with van der Waals surface area (Å²) in [6.07, 6.45) is 0. The van der Waals surface area contributed by atoms with E-state index in [9.17, 15) is 20.0 Å². The second-order valence-corrected chi connectivity index (χ2v) is 3.43. The second kappa shape index (κ2) is 3.75. The number of aromatic hydroxyl groups is 1. The standard InChI is InChI=1S/C11H7NO5/c13-10-5-7-6(4-8(10)11(14)15)2-1-3-9(7)12(16)17/h1-5,13H,(H,14,15). The Balaban J connectivity index is 2.82. The van der Waals surface area contributed by atoms with E-state index in [2.05, 4.69) is 0 Å². The van der Waals surface area contributed by atoms with Crippen molar-refractivity contribution in [1.82, 2.24) is 0 Å². The van der Waals surface area contributed by atoms with Crippen molar-refractivity contribution in [2.75, 3.05) is 0 Å². The zero-order chi connectivity index (χ0) is 12.6. The molecule has 0 unspecified atom stereocenters. The fourth-order valence-electron chi connectivity index (χ4n) is 1.63. The minimum atomic E-state index is -1.28. The number of hydrogen-bond acceptors (Lipinski definition) is 4. The number of rotatable bonds is 2. The number of carboxylic acid groups (broad SMARTS) is 1. The van der Waals surface area contributed by atoms with E-state index in [1.807, 2.05) is 0 Å². The van der Waals surface area contributed by atoms with Gasteiger partial charge in [-0.1, -0.05) is 12.1 Å². The Bertz CT molecular complexity index is 635. The van der Waals surface area contributed by atoms with Crippen LogP contribution in [0.3, 0.4) is 0 Å². The van der Waals surface area contributed by atoms with E-state index in [4.69, 9.17) is 5.11 Å². The van der Waals surface area contributed by atoms with Gasteiger partial charge in [0.1, 0.15) is 11.3 Å². The van der Waals surface area contributed by atoms with Crippen LogP contribution in [-0.2, 0) is 0 Å². The molecule has 0 amide bonds. The molecule has 0 aromatic heterocycles. The third kappa shape index (κ3) is 1.76. The molecule has 0 bridgehead atoms. The highest BCUT2D eigenvalue weighted by Crippen LogP contribution is 2.31. The van der Waals surface area contributed by atoms with E-state index < -0.39 is 16.6 Å². The fourth-order valence-corrected chi connectivity index (χ4v) is 1.63. The zero-order valence-electron chi connectivity index (χ0n) is 8.45. The highest BCUT2D eigenvalue weighted by molar-refractivity contribution is 6.00. The number of phenols is 1. The molecule has 2 rings (SSSR count). The van der Waals surface area contributed by atoms with E-state index in [0.29, 0.717) is 5.39 Å². The van der Waals surface area contributed by atoms with E-state index in [1.165, 1.54) is 18.2 Å². The summed E-state index contributed by atoms with van der Waals surface area (Å²) in [4.78, 5) is 21.0. The molecule has 0 saturated heterocycles. The lowest BCUT2D eigenvalue weighted by Gasteiger charge is -2.03. The van der Waals surface area contributed by atoms with Gasteiger partial charge in [0.25, 0.3) is 5.69 Å². The van der Waals surface area contributed by atoms with Crippen molar-refractivity contribution in [3.05, 3.63) is 46.0 Å². The second-order valence-electron chi connectivity index (χ2n) is 3.43. The van der Waals surface area contributed by atoms with Crippen LogP contribution in [0.4, 0.5) is 5.69 Å². The maximum atomic E-state index is 10.8. The Labute approximate surface area is 94.9 Å². The average molecular weight is 233 g/mol. The van der Waals surface area contributed by atoms with Crippen LogP contribution < -0.4 is 0 Å². The third-order valence-electron chi connectivity index (χ3n) is 2.40. The summed E-state index contributed by atoms with van der Waals surface area (Å²) in [7, 11) is 0. The van der Waals surface area contributed by atoms with E-state index in [-0.39, 0.29) is 16.6 Å². The van der Waals surface area contributed by atoms with E-state index >= 15 is 0 Å². The fraction of sp³-hybridized carbons (Fsp3) is 0. The van der Waals surface area contributed by atoms with Crippen LogP contribution in [0, 0.1) is 10.1 Å². The summed E-state index contributed by atoms with van der Waals surface area (Å²) >= 11 is 0. The summed E-state index contributed by atoms with van der Waals surface area (Å²) in [5.74, 6) is -1.77. The number of carboxylic acids is 1. The minimum absolute atomic E-state index is 0.172. The first-order valence-electron chi connectivity index (χ1n) is 4.64. The predicted octanol–water partition coefficient (Wildman–Crippen LogP) is 2.15. The van der Waals surface area contributed by atoms with Crippen LogP contribution in [0.5, 0.6) is 5.75 Å². The number of fused-ring (bicyclic) bond motifs is 1. The van der Waals surface area contributed by atoms with Crippen molar-refractivity contribution in [3.8, 4) is 5.75 Å². The van der Waals surface area contributed by atoms with Gasteiger partial charge in [0.05, 0.1) is 10.3 Å². The number of nitro benzene ring substituents is 1. The first kappa shape index (κ1) is 10.9. The highest BCUT2D eigenvalue weighted by Gasteiger charge is 2.16. The number of benzene rings is 2. The van der Waals surface area contributed by atoms with Crippen LogP contribution in [0.25, 0.3) is 10.8 Å². The first-order valence-corrected chi connectivity index (χ1v) is 4.64. The van der Waals surface area contributed by atoms with Gasteiger partial charge in [-0.25, -0.2) is 4.79 Å². The van der Waals surface area contributed by atoms with Gasteiger partial charge in [0, 0.05) is 6.07 Å². The number of nitrogens with zero attached hydrogens (tertiary/aromatic N) is 1. The van der Waals surface area contributed by atoms with Gasteiger partial charge in [-0.3, -0.25) is 10.1 Å². The molecule has 0 spiro atoms. The zero-order valence-corrected chi connectivity index (χ0v) is 8.45. The number of nitro groups is 1. The van der Waals surface area contributed by atoms with Crippen LogP contribution in [0.1, 0.15) is 10.4 Å². The molecule has 17 heavy (non-hydrogen) atoms. The predicted molar refractivity (Wildman–Crippen MR) is 59.2 cm³/mol. The van der Waals surface area contributed by atoms with E-state index in [0.717, 1.165) is 6.07 Å². The van der Waals surface area contributed by atoms with Gasteiger partial charge in [-0.2, -0.15) is 0 Å². The number of hydrogen-bond donors (Lipinski definition) is 2. The molecule has 0 aliphatic carbocycles. The summed E-state index contributed by atoms with van der Waals surface area (Å²) in [6, 6.07) is 6.61. The van der Waals surface area contributed by atoms with Crippen molar-refractivity contribution in [2.45, 2.75) is 0 Å². The lowest BCUT2D eigenvalue weighted by Crippen LogP contribution is -1.97. The van der Waals surface area contributed by atoms with Crippen molar-refractivity contribution < 1.29 is 19.9 Å². The maximum absolute atomic E-state index is 10.8. The Kier molecular flexibility index (Phi) is 2.40. The minimum Gasteiger partial charge on any atom is -0.507 e.